The number of nitrogens with two attached hydrogens (primary N) is 2. The molecule has 2 heterocycles. The van der Waals surface area contributed by atoms with Crippen molar-refractivity contribution in [3.05, 3.63) is 54.3 Å². The van der Waals surface area contributed by atoms with Gasteiger partial charge in [0.1, 0.15) is 5.69 Å². The first kappa shape index (κ1) is 15.2. The molecule has 4 aromatic rings. The van der Waals surface area contributed by atoms with Crippen LogP contribution in [0.1, 0.15) is 10.6 Å². The third kappa shape index (κ3) is 2.50. The normalized spacial score (nSPS) is 11.0. The Morgan fingerprint density at radius 1 is 1.00 bits per heavy atom. The number of thiophene rings is 1. The van der Waals surface area contributed by atoms with Gasteiger partial charge < -0.3 is 21.2 Å². The van der Waals surface area contributed by atoms with Crippen LogP contribution in [0.5, 0.6) is 0 Å². The molecule has 0 radical (unpaired) electrons. The summed E-state index contributed by atoms with van der Waals surface area (Å²) in [6.45, 7) is 0. The largest absolute Gasteiger partial charge is 0.447 e. The Balaban J connectivity index is 1.94. The highest BCUT2D eigenvalue weighted by molar-refractivity contribution is 7.26. The van der Waals surface area contributed by atoms with Gasteiger partial charge in [0.05, 0.1) is 4.70 Å². The van der Waals surface area contributed by atoms with E-state index in [4.69, 9.17) is 15.9 Å². The number of furan rings is 1. The number of carbonyl (C=O) groups is 2. The quantitative estimate of drug-likeness (QED) is 0.520. The Morgan fingerprint density at radius 2 is 1.76 bits per heavy atom. The molecule has 6 nitrogen and oxygen atoms in total. The van der Waals surface area contributed by atoms with E-state index in [1.165, 1.54) is 11.3 Å². The lowest BCUT2D eigenvalue weighted by molar-refractivity contribution is 0.0977. The number of rotatable bonds is 3. The first-order valence-electron chi connectivity index (χ1n) is 7.45. The summed E-state index contributed by atoms with van der Waals surface area (Å²) in [5, 5.41) is 3.29. The monoisotopic (exact) mass is 351 g/mol. The Morgan fingerprint density at radius 3 is 2.44 bits per heavy atom. The molecule has 0 aliphatic rings. The van der Waals surface area contributed by atoms with Crippen molar-refractivity contribution in [2.75, 3.05) is 5.32 Å². The van der Waals surface area contributed by atoms with Crippen molar-refractivity contribution in [1.82, 2.24) is 0 Å². The van der Waals surface area contributed by atoms with E-state index in [2.05, 4.69) is 5.32 Å². The summed E-state index contributed by atoms with van der Waals surface area (Å²) in [7, 11) is 0. The van der Waals surface area contributed by atoms with Crippen LogP contribution in [0.4, 0.5) is 10.5 Å². The molecule has 2 aromatic heterocycles. The van der Waals surface area contributed by atoms with Crippen molar-refractivity contribution in [3.8, 4) is 11.1 Å². The zero-order valence-electron chi connectivity index (χ0n) is 12.9. The number of anilines is 1. The van der Waals surface area contributed by atoms with Gasteiger partial charge in [-0.15, -0.1) is 11.3 Å². The van der Waals surface area contributed by atoms with Crippen LogP contribution in [0.3, 0.4) is 0 Å². The Hall–Kier alpha value is -3.32. The van der Waals surface area contributed by atoms with Crippen molar-refractivity contribution in [3.63, 3.8) is 0 Å². The summed E-state index contributed by atoms with van der Waals surface area (Å²) in [6, 6.07) is 15.2. The number of nitrogens with one attached hydrogen (secondary N) is 1. The molecule has 0 bridgehead atoms. The van der Waals surface area contributed by atoms with Crippen LogP contribution >= 0.6 is 11.3 Å². The maximum Gasteiger partial charge on any atom is 0.316 e. The molecule has 25 heavy (non-hydrogen) atoms. The standard InChI is InChI=1S/C18H13N3O3S/c19-17(22)15-13(21-18(20)23)16-14(24-15)11-7-6-10(8-12(11)25-16)9-4-2-1-3-5-9/h1-8H,(H2,19,22)(H3,20,21,23). The lowest BCUT2D eigenvalue weighted by Crippen LogP contribution is -2.21. The predicted octanol–water partition coefficient (Wildman–Crippen LogP) is 3.90. The van der Waals surface area contributed by atoms with Gasteiger partial charge in [0, 0.05) is 10.1 Å². The Bertz CT molecular complexity index is 1130. The fourth-order valence-corrected chi connectivity index (χ4v) is 3.98. The zero-order valence-corrected chi connectivity index (χ0v) is 13.7. The summed E-state index contributed by atoms with van der Waals surface area (Å²) in [6.07, 6.45) is 0. The molecule has 0 saturated heterocycles. The van der Waals surface area contributed by atoms with Gasteiger partial charge in [0.15, 0.2) is 5.58 Å². The molecule has 0 saturated carbocycles. The van der Waals surface area contributed by atoms with Crippen LogP contribution in [0.2, 0.25) is 0 Å². The topological polar surface area (TPSA) is 111 Å². The molecule has 124 valence electrons. The van der Waals surface area contributed by atoms with E-state index in [1.54, 1.807) is 0 Å². The van der Waals surface area contributed by atoms with Gasteiger partial charge in [-0.1, -0.05) is 36.4 Å². The molecular weight excluding hydrogens is 338 g/mol. The number of urea groups is 1. The molecule has 0 atom stereocenters. The van der Waals surface area contributed by atoms with Gasteiger partial charge in [0.25, 0.3) is 5.91 Å². The number of primary amides is 2. The molecule has 0 unspecified atom stereocenters. The van der Waals surface area contributed by atoms with E-state index >= 15 is 0 Å². The highest BCUT2D eigenvalue weighted by Gasteiger charge is 2.23. The predicted molar refractivity (Wildman–Crippen MR) is 98.8 cm³/mol. The number of hydrogen-bond donors (Lipinski definition) is 3. The van der Waals surface area contributed by atoms with Crippen LogP contribution in [0, 0.1) is 0 Å². The van der Waals surface area contributed by atoms with Gasteiger partial charge in [-0.3, -0.25) is 4.79 Å². The van der Waals surface area contributed by atoms with E-state index in [1.807, 2.05) is 48.5 Å². The lowest BCUT2D eigenvalue weighted by atomic mass is 10.0. The van der Waals surface area contributed by atoms with Crippen LogP contribution in [-0.2, 0) is 0 Å². The second kappa shape index (κ2) is 5.64. The smallest absolute Gasteiger partial charge is 0.316 e. The minimum Gasteiger partial charge on any atom is -0.447 e. The summed E-state index contributed by atoms with van der Waals surface area (Å²) >= 11 is 1.41. The van der Waals surface area contributed by atoms with Crippen LogP contribution in [0.15, 0.2) is 52.9 Å². The third-order valence-electron chi connectivity index (χ3n) is 3.88. The molecule has 0 fully saturated rings. The van der Waals surface area contributed by atoms with Gasteiger partial charge in [-0.2, -0.15) is 0 Å². The fraction of sp³-hybridized carbons (Fsp3) is 0. The molecule has 2 aromatic carbocycles. The van der Waals surface area contributed by atoms with Gasteiger partial charge in [0.2, 0.25) is 5.76 Å². The minimum atomic E-state index is -0.785. The fourth-order valence-electron chi connectivity index (χ4n) is 2.82. The van der Waals surface area contributed by atoms with Crippen molar-refractivity contribution in [2.45, 2.75) is 0 Å². The number of amides is 3. The van der Waals surface area contributed by atoms with Crippen molar-refractivity contribution < 1.29 is 14.0 Å². The minimum absolute atomic E-state index is 0.103. The number of hydrogen-bond acceptors (Lipinski definition) is 4. The van der Waals surface area contributed by atoms with Crippen LogP contribution in [-0.4, -0.2) is 11.9 Å². The van der Waals surface area contributed by atoms with Crippen molar-refractivity contribution in [1.29, 1.82) is 0 Å². The molecule has 3 amide bonds. The van der Waals surface area contributed by atoms with E-state index in [9.17, 15) is 9.59 Å². The van der Waals surface area contributed by atoms with E-state index < -0.39 is 11.9 Å². The van der Waals surface area contributed by atoms with Crippen molar-refractivity contribution >= 4 is 49.3 Å². The van der Waals surface area contributed by atoms with E-state index in [-0.39, 0.29) is 11.4 Å². The molecular formula is C18H13N3O3S. The van der Waals surface area contributed by atoms with Gasteiger partial charge in [-0.05, 0) is 23.3 Å². The highest BCUT2D eigenvalue weighted by atomic mass is 32.1. The van der Waals surface area contributed by atoms with Crippen molar-refractivity contribution in [2.24, 2.45) is 11.5 Å². The second-order valence-electron chi connectivity index (χ2n) is 5.50. The first-order valence-corrected chi connectivity index (χ1v) is 8.27. The number of benzene rings is 2. The van der Waals surface area contributed by atoms with Gasteiger partial charge >= 0.3 is 6.03 Å². The number of fused-ring (bicyclic) bond motifs is 3. The Kier molecular flexibility index (Phi) is 3.43. The third-order valence-corrected chi connectivity index (χ3v) is 5.03. The first-order chi connectivity index (χ1) is 12.0. The lowest BCUT2D eigenvalue weighted by Gasteiger charge is -2.01. The maximum absolute atomic E-state index is 11.6. The maximum atomic E-state index is 11.6. The van der Waals surface area contributed by atoms with E-state index in [0.29, 0.717) is 10.3 Å². The second-order valence-corrected chi connectivity index (χ2v) is 6.55. The average molecular weight is 351 g/mol. The number of carbonyl (C=O) groups excluding carboxylic acids is 2. The average Bonchev–Trinajstić information content (AvgIpc) is 3.11. The molecule has 4 rings (SSSR count). The Labute approximate surface area is 146 Å². The molecule has 0 spiro atoms. The summed E-state index contributed by atoms with van der Waals surface area (Å²) in [5.74, 6) is -0.865. The summed E-state index contributed by atoms with van der Waals surface area (Å²) in [5.41, 5.74) is 13.4. The molecule has 7 heteroatoms. The van der Waals surface area contributed by atoms with Crippen LogP contribution < -0.4 is 16.8 Å². The molecule has 0 aliphatic heterocycles. The van der Waals surface area contributed by atoms with E-state index in [0.717, 1.165) is 21.2 Å². The molecule has 0 aliphatic carbocycles. The van der Waals surface area contributed by atoms with Crippen LogP contribution in [0.25, 0.3) is 31.5 Å². The zero-order chi connectivity index (χ0) is 17.6. The SMILES string of the molecule is NC(=O)Nc1c(C(N)=O)oc2c1sc1cc(-c3ccccc3)ccc12. The summed E-state index contributed by atoms with van der Waals surface area (Å²) in [4.78, 5) is 22.8. The highest BCUT2D eigenvalue weighted by Crippen LogP contribution is 2.43. The summed E-state index contributed by atoms with van der Waals surface area (Å²) < 4.78 is 7.23. The molecule has 5 N–H and O–H groups in total. The van der Waals surface area contributed by atoms with Gasteiger partial charge in [-0.25, -0.2) is 4.79 Å².